The Kier molecular flexibility index (Phi) is 7.56. The Morgan fingerprint density at radius 1 is 1.24 bits per heavy atom. The first-order chi connectivity index (χ1) is 11.9. The lowest BCUT2D eigenvalue weighted by Crippen LogP contribution is -2.31. The average Bonchev–Trinajstić information content (AvgIpc) is 3.11. The summed E-state index contributed by atoms with van der Waals surface area (Å²) in [6.07, 6.45) is 2.39. The predicted molar refractivity (Wildman–Crippen MR) is 110 cm³/mol. The number of nitrogens with zero attached hydrogens (tertiary/aromatic N) is 1. The largest absolute Gasteiger partial charge is 0.492 e. The normalized spacial score (nSPS) is 14.4. The van der Waals surface area contributed by atoms with Crippen molar-refractivity contribution in [1.82, 2.24) is 10.2 Å². The molecule has 1 saturated heterocycles. The second-order valence-corrected chi connectivity index (χ2v) is 8.83. The number of hydrogen-bond acceptors (Lipinski definition) is 4. The van der Waals surface area contributed by atoms with E-state index in [9.17, 15) is 4.79 Å². The van der Waals surface area contributed by atoms with Gasteiger partial charge in [-0.2, -0.15) is 0 Å². The van der Waals surface area contributed by atoms with Crippen LogP contribution in [0.1, 0.15) is 39.2 Å². The van der Waals surface area contributed by atoms with Gasteiger partial charge in [0.25, 0.3) is 0 Å². The molecule has 138 valence electrons. The molecule has 0 bridgehead atoms. The number of benzene rings is 1. The Bertz CT molecular complexity index is 576. The summed E-state index contributed by atoms with van der Waals surface area (Å²) >= 11 is 6.80. The second kappa shape index (κ2) is 9.43. The van der Waals surface area contributed by atoms with E-state index < -0.39 is 0 Å². The van der Waals surface area contributed by atoms with Crippen molar-refractivity contribution < 1.29 is 9.53 Å². The number of rotatable bonds is 6. The molecule has 0 aliphatic carbocycles. The summed E-state index contributed by atoms with van der Waals surface area (Å²) in [4.78, 5) is 14.0. The number of thioether (sulfide) groups is 1. The van der Waals surface area contributed by atoms with Gasteiger partial charge in [0.2, 0.25) is 5.91 Å². The first kappa shape index (κ1) is 20.0. The maximum Gasteiger partial charge on any atom is 0.230 e. The van der Waals surface area contributed by atoms with Gasteiger partial charge in [0.15, 0.2) is 0 Å². The second-order valence-electron chi connectivity index (χ2n) is 7.22. The van der Waals surface area contributed by atoms with Gasteiger partial charge in [-0.15, -0.1) is 0 Å². The van der Waals surface area contributed by atoms with E-state index in [0.717, 1.165) is 23.2 Å². The lowest BCUT2D eigenvalue weighted by Gasteiger charge is -2.19. The molecule has 0 aromatic heterocycles. The molecule has 0 unspecified atom stereocenters. The molecule has 0 saturated carbocycles. The van der Waals surface area contributed by atoms with Crippen molar-refractivity contribution >= 4 is 34.2 Å². The fourth-order valence-electron chi connectivity index (χ4n) is 2.58. The molecule has 1 aliphatic heterocycles. The third kappa shape index (κ3) is 6.86. The minimum Gasteiger partial charge on any atom is -0.492 e. The number of amides is 1. The number of ether oxygens (including phenoxy) is 1. The highest BCUT2D eigenvalue weighted by molar-refractivity contribution is 8.23. The zero-order valence-electron chi connectivity index (χ0n) is 15.3. The quantitative estimate of drug-likeness (QED) is 0.603. The molecule has 1 aromatic carbocycles. The van der Waals surface area contributed by atoms with Crippen molar-refractivity contribution in [2.45, 2.75) is 39.0 Å². The standard InChI is InChI=1S/C19H28N2O2S2/c1-19(2,3)15-6-8-16(9-7-15)23-13-10-20-17(22)14-25-18(24)21-11-4-5-12-21/h6-9H,4-5,10-14H2,1-3H3,(H,20,22). The highest BCUT2D eigenvalue weighted by atomic mass is 32.2. The van der Waals surface area contributed by atoms with E-state index in [1.807, 2.05) is 12.1 Å². The van der Waals surface area contributed by atoms with E-state index in [-0.39, 0.29) is 11.3 Å². The van der Waals surface area contributed by atoms with Crippen LogP contribution in [0, 0.1) is 0 Å². The Labute approximate surface area is 160 Å². The van der Waals surface area contributed by atoms with Crippen LogP contribution < -0.4 is 10.1 Å². The molecule has 1 fully saturated rings. The summed E-state index contributed by atoms with van der Waals surface area (Å²) in [6.45, 7) is 9.56. The third-order valence-corrected chi connectivity index (χ3v) is 5.63. The monoisotopic (exact) mass is 380 g/mol. The van der Waals surface area contributed by atoms with Crippen LogP contribution in [0.5, 0.6) is 5.75 Å². The van der Waals surface area contributed by atoms with Crippen LogP contribution in [0.4, 0.5) is 0 Å². The number of likely N-dealkylation sites (tertiary alicyclic amines) is 1. The molecule has 6 heteroatoms. The third-order valence-electron chi connectivity index (χ3n) is 4.10. The highest BCUT2D eigenvalue weighted by Gasteiger charge is 2.16. The summed E-state index contributed by atoms with van der Waals surface area (Å²) in [6, 6.07) is 8.13. The molecule has 1 aromatic rings. The van der Waals surface area contributed by atoms with Crippen LogP contribution in [0.3, 0.4) is 0 Å². The van der Waals surface area contributed by atoms with E-state index >= 15 is 0 Å². The van der Waals surface area contributed by atoms with E-state index in [1.165, 1.54) is 30.2 Å². The van der Waals surface area contributed by atoms with Crippen LogP contribution in [-0.2, 0) is 10.2 Å². The molecule has 1 amide bonds. The van der Waals surface area contributed by atoms with E-state index in [4.69, 9.17) is 17.0 Å². The zero-order chi connectivity index (χ0) is 18.3. The van der Waals surface area contributed by atoms with Crippen LogP contribution in [-0.4, -0.2) is 47.1 Å². The summed E-state index contributed by atoms with van der Waals surface area (Å²) in [5, 5.41) is 2.87. The van der Waals surface area contributed by atoms with E-state index in [1.54, 1.807) is 0 Å². The van der Waals surface area contributed by atoms with Gasteiger partial charge in [-0.05, 0) is 36.0 Å². The van der Waals surface area contributed by atoms with Gasteiger partial charge in [0.1, 0.15) is 16.7 Å². The molecule has 25 heavy (non-hydrogen) atoms. The van der Waals surface area contributed by atoms with Gasteiger partial charge in [-0.1, -0.05) is 56.9 Å². The van der Waals surface area contributed by atoms with Crippen LogP contribution in [0.25, 0.3) is 0 Å². The molecule has 0 radical (unpaired) electrons. The maximum absolute atomic E-state index is 11.9. The Balaban J connectivity index is 1.60. The van der Waals surface area contributed by atoms with Crippen molar-refractivity contribution in [2.24, 2.45) is 0 Å². The van der Waals surface area contributed by atoms with Crippen LogP contribution in [0.15, 0.2) is 24.3 Å². The van der Waals surface area contributed by atoms with Crippen molar-refractivity contribution in [3.63, 3.8) is 0 Å². The highest BCUT2D eigenvalue weighted by Crippen LogP contribution is 2.24. The van der Waals surface area contributed by atoms with E-state index in [2.05, 4.69) is 43.1 Å². The van der Waals surface area contributed by atoms with Crippen LogP contribution >= 0.6 is 24.0 Å². The molecular weight excluding hydrogens is 352 g/mol. The van der Waals surface area contributed by atoms with Gasteiger partial charge in [-0.3, -0.25) is 4.79 Å². The smallest absolute Gasteiger partial charge is 0.230 e. The van der Waals surface area contributed by atoms with Gasteiger partial charge in [0.05, 0.1) is 12.3 Å². The van der Waals surface area contributed by atoms with Crippen LogP contribution in [0.2, 0.25) is 0 Å². The van der Waals surface area contributed by atoms with Gasteiger partial charge in [0, 0.05) is 13.1 Å². The summed E-state index contributed by atoms with van der Waals surface area (Å²) in [5.41, 5.74) is 1.42. The minimum absolute atomic E-state index is 0.00164. The van der Waals surface area contributed by atoms with Gasteiger partial charge in [-0.25, -0.2) is 0 Å². The van der Waals surface area contributed by atoms with Crippen molar-refractivity contribution in [2.75, 3.05) is 32.0 Å². The summed E-state index contributed by atoms with van der Waals surface area (Å²) in [5.74, 6) is 1.19. The molecule has 0 spiro atoms. The minimum atomic E-state index is -0.00164. The molecule has 1 N–H and O–H groups in total. The van der Waals surface area contributed by atoms with Gasteiger partial charge >= 0.3 is 0 Å². The fraction of sp³-hybridized carbons (Fsp3) is 0.579. The summed E-state index contributed by atoms with van der Waals surface area (Å²) < 4.78 is 6.51. The fourth-order valence-corrected chi connectivity index (χ4v) is 3.66. The van der Waals surface area contributed by atoms with Crippen molar-refractivity contribution in [3.05, 3.63) is 29.8 Å². The average molecular weight is 381 g/mol. The first-order valence-corrected chi connectivity index (χ1v) is 10.2. The first-order valence-electron chi connectivity index (χ1n) is 8.78. The molecule has 0 atom stereocenters. The molecule has 1 aliphatic rings. The number of carbonyl (C=O) groups is 1. The number of carbonyl (C=O) groups excluding carboxylic acids is 1. The lowest BCUT2D eigenvalue weighted by atomic mass is 9.87. The number of hydrogen-bond donors (Lipinski definition) is 1. The molecule has 1 heterocycles. The molecule has 2 rings (SSSR count). The SMILES string of the molecule is CC(C)(C)c1ccc(OCCNC(=O)CSC(=S)N2CCCC2)cc1. The Morgan fingerprint density at radius 2 is 1.88 bits per heavy atom. The van der Waals surface area contributed by atoms with E-state index in [0.29, 0.717) is 18.9 Å². The number of thiocarbonyl (C=S) groups is 1. The number of nitrogens with one attached hydrogen (secondary N) is 1. The summed E-state index contributed by atoms with van der Waals surface area (Å²) in [7, 11) is 0. The van der Waals surface area contributed by atoms with Gasteiger partial charge < -0.3 is 15.0 Å². The topological polar surface area (TPSA) is 41.6 Å². The van der Waals surface area contributed by atoms with Crippen molar-refractivity contribution in [3.8, 4) is 5.75 Å². The zero-order valence-corrected chi connectivity index (χ0v) is 17.0. The predicted octanol–water partition coefficient (Wildman–Crippen LogP) is 3.59. The van der Waals surface area contributed by atoms with Crippen molar-refractivity contribution in [1.29, 1.82) is 0 Å². The Hall–Kier alpha value is -1.27. The molecule has 4 nitrogen and oxygen atoms in total. The molecular formula is C19H28N2O2S2. The Morgan fingerprint density at radius 3 is 2.48 bits per heavy atom. The lowest BCUT2D eigenvalue weighted by molar-refractivity contribution is -0.118. The maximum atomic E-state index is 11.9.